The van der Waals surface area contributed by atoms with Crippen LogP contribution in [0.4, 0.5) is 5.69 Å². The molecule has 3 fully saturated rings. The average Bonchev–Trinajstić information content (AvgIpc) is 3.27. The molecule has 3 aliphatic rings. The van der Waals surface area contributed by atoms with Crippen molar-refractivity contribution in [1.29, 1.82) is 0 Å². The monoisotopic (exact) mass is 295 g/mol. The predicted octanol–water partition coefficient (Wildman–Crippen LogP) is 4.62. The van der Waals surface area contributed by atoms with Crippen molar-refractivity contribution in [2.75, 3.05) is 18.0 Å². The van der Waals surface area contributed by atoms with E-state index in [2.05, 4.69) is 52.7 Å². The van der Waals surface area contributed by atoms with E-state index in [0.717, 1.165) is 29.6 Å². The maximum absolute atomic E-state index is 2.64. The van der Waals surface area contributed by atoms with Gasteiger partial charge in [-0.25, -0.2) is 0 Å². The molecule has 2 heterocycles. The Morgan fingerprint density at radius 2 is 1.71 bits per heavy atom. The SMILES string of the molecule is c1ccc(N2C[C@@H]3[C@H](C2)[C@H]2C[C@@H]3[C@H](c3cccs3)C2)cc1. The van der Waals surface area contributed by atoms with Crippen LogP contribution < -0.4 is 4.90 Å². The predicted molar refractivity (Wildman–Crippen MR) is 88.9 cm³/mol. The van der Waals surface area contributed by atoms with Crippen molar-refractivity contribution in [1.82, 2.24) is 0 Å². The van der Waals surface area contributed by atoms with Crippen molar-refractivity contribution < 1.29 is 0 Å². The summed E-state index contributed by atoms with van der Waals surface area (Å²) < 4.78 is 0. The van der Waals surface area contributed by atoms with Gasteiger partial charge in [0, 0.05) is 23.7 Å². The molecular formula is C19H21NS. The molecule has 108 valence electrons. The highest BCUT2D eigenvalue weighted by Crippen LogP contribution is 2.61. The van der Waals surface area contributed by atoms with Gasteiger partial charge in [-0.3, -0.25) is 0 Å². The maximum Gasteiger partial charge on any atom is 0.0366 e. The first-order chi connectivity index (χ1) is 10.4. The summed E-state index contributed by atoms with van der Waals surface area (Å²) in [6, 6.07) is 15.6. The third kappa shape index (κ3) is 1.81. The molecule has 0 radical (unpaired) electrons. The van der Waals surface area contributed by atoms with E-state index in [9.17, 15) is 0 Å². The Morgan fingerprint density at radius 1 is 0.857 bits per heavy atom. The minimum Gasteiger partial charge on any atom is -0.371 e. The van der Waals surface area contributed by atoms with Gasteiger partial charge in [-0.05, 0) is 66.0 Å². The number of nitrogens with zero attached hydrogens (tertiary/aromatic N) is 1. The summed E-state index contributed by atoms with van der Waals surface area (Å²) in [5.74, 6) is 4.71. The summed E-state index contributed by atoms with van der Waals surface area (Å²) in [5, 5.41) is 2.25. The fraction of sp³-hybridized carbons (Fsp3) is 0.474. The lowest BCUT2D eigenvalue weighted by Crippen LogP contribution is -2.25. The van der Waals surface area contributed by atoms with Gasteiger partial charge in [-0.15, -0.1) is 11.3 Å². The smallest absolute Gasteiger partial charge is 0.0366 e. The average molecular weight is 295 g/mol. The molecule has 1 aliphatic heterocycles. The summed E-state index contributed by atoms with van der Waals surface area (Å²) in [6.07, 6.45) is 2.95. The molecule has 1 aromatic carbocycles. The number of para-hydroxylation sites is 1. The number of fused-ring (bicyclic) bond motifs is 5. The van der Waals surface area contributed by atoms with Crippen molar-refractivity contribution in [3.8, 4) is 0 Å². The lowest BCUT2D eigenvalue weighted by Gasteiger charge is -2.29. The summed E-state index contributed by atoms with van der Waals surface area (Å²) in [7, 11) is 0. The fourth-order valence-corrected chi connectivity index (χ4v) is 6.34. The molecule has 2 heteroatoms. The van der Waals surface area contributed by atoms with Gasteiger partial charge in [0.15, 0.2) is 0 Å². The second kappa shape index (κ2) is 4.61. The van der Waals surface area contributed by atoms with Gasteiger partial charge >= 0.3 is 0 Å². The number of thiophene rings is 1. The van der Waals surface area contributed by atoms with Crippen LogP contribution >= 0.6 is 11.3 Å². The molecule has 5 atom stereocenters. The van der Waals surface area contributed by atoms with Crippen molar-refractivity contribution in [3.63, 3.8) is 0 Å². The largest absolute Gasteiger partial charge is 0.371 e. The highest BCUT2D eigenvalue weighted by atomic mass is 32.1. The lowest BCUT2D eigenvalue weighted by molar-refractivity contribution is 0.253. The first kappa shape index (κ1) is 12.3. The minimum absolute atomic E-state index is 0.868. The van der Waals surface area contributed by atoms with Gasteiger partial charge in [-0.1, -0.05) is 24.3 Å². The Bertz CT molecular complexity index is 620. The molecule has 0 N–H and O–H groups in total. The van der Waals surface area contributed by atoms with Gasteiger partial charge < -0.3 is 4.90 Å². The quantitative estimate of drug-likeness (QED) is 0.781. The molecule has 2 aliphatic carbocycles. The zero-order valence-electron chi connectivity index (χ0n) is 12.2. The molecule has 1 aromatic heterocycles. The van der Waals surface area contributed by atoms with Gasteiger partial charge in [0.05, 0.1) is 0 Å². The van der Waals surface area contributed by atoms with E-state index in [1.54, 1.807) is 4.88 Å². The highest BCUT2D eigenvalue weighted by Gasteiger charge is 2.56. The molecule has 1 saturated heterocycles. The van der Waals surface area contributed by atoms with Gasteiger partial charge in [-0.2, -0.15) is 0 Å². The van der Waals surface area contributed by atoms with Gasteiger partial charge in [0.2, 0.25) is 0 Å². The van der Waals surface area contributed by atoms with Crippen LogP contribution in [-0.2, 0) is 0 Å². The van der Waals surface area contributed by atoms with Crippen LogP contribution in [0, 0.1) is 23.7 Å². The van der Waals surface area contributed by atoms with Crippen molar-refractivity contribution in [2.24, 2.45) is 23.7 Å². The molecule has 0 unspecified atom stereocenters. The standard InChI is InChI=1S/C19H21NS/c1-2-5-14(6-3-1)20-11-17-13-9-15(18(17)12-20)16(10-13)19-7-4-8-21-19/h1-8,13,15-18H,9-12H2/t13-,15+,16+,17+,18-/m0/s1. The van der Waals surface area contributed by atoms with Crippen molar-refractivity contribution in [2.45, 2.75) is 18.8 Å². The highest BCUT2D eigenvalue weighted by molar-refractivity contribution is 7.10. The van der Waals surface area contributed by atoms with Gasteiger partial charge in [0.1, 0.15) is 0 Å². The number of benzene rings is 1. The molecular weight excluding hydrogens is 274 g/mol. The zero-order valence-corrected chi connectivity index (χ0v) is 13.0. The Kier molecular flexibility index (Phi) is 2.69. The zero-order chi connectivity index (χ0) is 13.8. The van der Waals surface area contributed by atoms with E-state index in [-0.39, 0.29) is 0 Å². The fourth-order valence-electron chi connectivity index (χ4n) is 5.42. The molecule has 1 nitrogen and oxygen atoms in total. The van der Waals surface area contributed by atoms with Crippen molar-refractivity contribution >= 4 is 17.0 Å². The molecule has 2 bridgehead atoms. The van der Waals surface area contributed by atoms with E-state index in [1.807, 2.05) is 11.3 Å². The van der Waals surface area contributed by atoms with Crippen LogP contribution in [-0.4, -0.2) is 13.1 Å². The minimum atomic E-state index is 0.868. The Labute approximate surface area is 130 Å². The molecule has 5 rings (SSSR count). The van der Waals surface area contributed by atoms with E-state index in [4.69, 9.17) is 0 Å². The molecule has 0 amide bonds. The van der Waals surface area contributed by atoms with Crippen LogP contribution in [0.2, 0.25) is 0 Å². The summed E-state index contributed by atoms with van der Waals surface area (Å²) in [5.41, 5.74) is 1.43. The molecule has 2 saturated carbocycles. The Hall–Kier alpha value is -1.28. The molecule has 0 spiro atoms. The maximum atomic E-state index is 2.64. The van der Waals surface area contributed by atoms with Crippen LogP contribution in [0.1, 0.15) is 23.6 Å². The van der Waals surface area contributed by atoms with Crippen LogP contribution in [0.3, 0.4) is 0 Å². The second-order valence-corrected chi connectivity index (χ2v) is 8.06. The second-order valence-electron chi connectivity index (χ2n) is 7.09. The van der Waals surface area contributed by atoms with Crippen LogP contribution in [0.25, 0.3) is 0 Å². The van der Waals surface area contributed by atoms with Crippen molar-refractivity contribution in [3.05, 3.63) is 52.7 Å². The normalized spacial score (nSPS) is 37.1. The van der Waals surface area contributed by atoms with Gasteiger partial charge in [0.25, 0.3) is 0 Å². The first-order valence-corrected chi connectivity index (χ1v) is 9.11. The number of rotatable bonds is 2. The van der Waals surface area contributed by atoms with Crippen LogP contribution in [0.5, 0.6) is 0 Å². The number of hydrogen-bond acceptors (Lipinski definition) is 2. The first-order valence-electron chi connectivity index (χ1n) is 8.23. The van der Waals surface area contributed by atoms with Crippen LogP contribution in [0.15, 0.2) is 47.8 Å². The van der Waals surface area contributed by atoms with E-state index < -0.39 is 0 Å². The Balaban J connectivity index is 1.40. The molecule has 2 aromatic rings. The topological polar surface area (TPSA) is 3.24 Å². The summed E-state index contributed by atoms with van der Waals surface area (Å²) >= 11 is 1.98. The summed E-state index contributed by atoms with van der Waals surface area (Å²) in [4.78, 5) is 4.30. The number of hydrogen-bond donors (Lipinski definition) is 0. The number of anilines is 1. The summed E-state index contributed by atoms with van der Waals surface area (Å²) in [6.45, 7) is 2.59. The third-order valence-electron chi connectivity index (χ3n) is 6.25. The van der Waals surface area contributed by atoms with E-state index in [0.29, 0.717) is 0 Å². The molecule has 21 heavy (non-hydrogen) atoms. The third-order valence-corrected chi connectivity index (χ3v) is 7.25. The van der Waals surface area contributed by atoms with E-state index in [1.165, 1.54) is 31.6 Å². The lowest BCUT2D eigenvalue weighted by atomic mass is 9.75. The Morgan fingerprint density at radius 3 is 2.52 bits per heavy atom. The van der Waals surface area contributed by atoms with E-state index >= 15 is 0 Å².